The SMILES string of the molecule is O=C1NCCN1c1ccc(C(=O)N(Cc2cccs2)C2CC2)cc1. The molecule has 24 heavy (non-hydrogen) atoms. The van der Waals surface area contributed by atoms with Gasteiger partial charge in [0.25, 0.3) is 5.91 Å². The van der Waals surface area contributed by atoms with E-state index in [4.69, 9.17) is 0 Å². The number of carbonyl (C=O) groups is 2. The molecule has 3 amide bonds. The lowest BCUT2D eigenvalue weighted by atomic mass is 10.1. The average Bonchev–Trinajstić information content (AvgIpc) is 3.14. The average molecular weight is 341 g/mol. The third-order valence-corrected chi connectivity index (χ3v) is 5.30. The van der Waals surface area contributed by atoms with Gasteiger partial charge in [-0.25, -0.2) is 4.79 Å². The van der Waals surface area contributed by atoms with Crippen molar-refractivity contribution in [3.05, 3.63) is 52.2 Å². The van der Waals surface area contributed by atoms with Gasteiger partial charge in [0.15, 0.2) is 0 Å². The van der Waals surface area contributed by atoms with Crippen LogP contribution in [-0.4, -0.2) is 36.0 Å². The predicted octanol–water partition coefficient (Wildman–Crippen LogP) is 3.08. The quantitative estimate of drug-likeness (QED) is 0.909. The molecular weight excluding hydrogens is 322 g/mol. The van der Waals surface area contributed by atoms with Crippen molar-refractivity contribution in [3.8, 4) is 0 Å². The Morgan fingerprint density at radius 3 is 2.62 bits per heavy atom. The van der Waals surface area contributed by atoms with E-state index in [9.17, 15) is 9.59 Å². The summed E-state index contributed by atoms with van der Waals surface area (Å²) in [5.74, 6) is 0.0725. The summed E-state index contributed by atoms with van der Waals surface area (Å²) in [5, 5.41) is 4.83. The van der Waals surface area contributed by atoms with Crippen LogP contribution in [0.1, 0.15) is 28.1 Å². The highest BCUT2D eigenvalue weighted by molar-refractivity contribution is 7.09. The molecule has 1 aliphatic heterocycles. The van der Waals surface area contributed by atoms with Crippen molar-refractivity contribution in [2.24, 2.45) is 0 Å². The largest absolute Gasteiger partial charge is 0.336 e. The second-order valence-corrected chi connectivity index (χ2v) is 7.21. The second-order valence-electron chi connectivity index (χ2n) is 6.17. The van der Waals surface area contributed by atoms with E-state index in [0.29, 0.717) is 31.2 Å². The normalized spacial score (nSPS) is 17.0. The number of rotatable bonds is 5. The van der Waals surface area contributed by atoms with Gasteiger partial charge in [-0.3, -0.25) is 9.69 Å². The van der Waals surface area contributed by atoms with Gasteiger partial charge in [0, 0.05) is 35.3 Å². The first-order valence-electron chi connectivity index (χ1n) is 8.21. The number of urea groups is 1. The molecule has 1 aliphatic carbocycles. The van der Waals surface area contributed by atoms with E-state index >= 15 is 0 Å². The zero-order chi connectivity index (χ0) is 16.5. The van der Waals surface area contributed by atoms with Gasteiger partial charge < -0.3 is 10.2 Å². The summed E-state index contributed by atoms with van der Waals surface area (Å²) >= 11 is 1.68. The van der Waals surface area contributed by atoms with Crippen molar-refractivity contribution < 1.29 is 9.59 Å². The Kier molecular flexibility index (Phi) is 3.98. The van der Waals surface area contributed by atoms with E-state index in [2.05, 4.69) is 11.4 Å². The van der Waals surface area contributed by atoms with Crippen LogP contribution in [0.15, 0.2) is 41.8 Å². The van der Waals surface area contributed by atoms with Crippen molar-refractivity contribution in [2.45, 2.75) is 25.4 Å². The number of anilines is 1. The molecule has 2 heterocycles. The molecule has 0 unspecified atom stereocenters. The van der Waals surface area contributed by atoms with Crippen molar-refractivity contribution in [1.82, 2.24) is 10.2 Å². The summed E-state index contributed by atoms with van der Waals surface area (Å²) in [4.78, 5) is 29.5. The van der Waals surface area contributed by atoms with Gasteiger partial charge in [0.05, 0.1) is 6.54 Å². The van der Waals surface area contributed by atoms with Crippen LogP contribution in [0.25, 0.3) is 0 Å². The summed E-state index contributed by atoms with van der Waals surface area (Å²) in [6.07, 6.45) is 2.17. The second kappa shape index (κ2) is 6.28. The van der Waals surface area contributed by atoms with Crippen LogP contribution in [0.3, 0.4) is 0 Å². The molecule has 124 valence electrons. The van der Waals surface area contributed by atoms with E-state index < -0.39 is 0 Å². The van der Waals surface area contributed by atoms with Gasteiger partial charge in [-0.15, -0.1) is 11.3 Å². The number of hydrogen-bond acceptors (Lipinski definition) is 3. The first-order valence-corrected chi connectivity index (χ1v) is 9.09. The van der Waals surface area contributed by atoms with Gasteiger partial charge >= 0.3 is 6.03 Å². The van der Waals surface area contributed by atoms with Crippen molar-refractivity contribution in [2.75, 3.05) is 18.0 Å². The van der Waals surface area contributed by atoms with E-state index in [1.807, 2.05) is 40.6 Å². The fourth-order valence-electron chi connectivity index (χ4n) is 2.99. The standard InChI is InChI=1S/C18H19N3O2S/c22-17(21(15-7-8-15)12-16-2-1-11-24-16)13-3-5-14(6-4-13)20-10-9-19-18(20)23/h1-6,11,15H,7-10,12H2,(H,19,23). The number of thiophene rings is 1. The molecule has 4 rings (SSSR count). The van der Waals surface area contributed by atoms with Gasteiger partial charge in [-0.2, -0.15) is 0 Å². The minimum absolute atomic E-state index is 0.0725. The Morgan fingerprint density at radius 2 is 2.04 bits per heavy atom. The molecule has 0 radical (unpaired) electrons. The Balaban J connectivity index is 1.51. The minimum Gasteiger partial charge on any atom is -0.336 e. The Bertz CT molecular complexity index is 738. The fourth-order valence-corrected chi connectivity index (χ4v) is 3.69. The molecule has 2 aliphatic rings. The topological polar surface area (TPSA) is 52.7 Å². The summed E-state index contributed by atoms with van der Waals surface area (Å²) in [6.45, 7) is 2.01. The molecule has 2 aromatic rings. The van der Waals surface area contributed by atoms with Crippen LogP contribution in [0.5, 0.6) is 0 Å². The van der Waals surface area contributed by atoms with Gasteiger partial charge in [-0.05, 0) is 48.6 Å². The molecule has 1 saturated carbocycles. The molecule has 0 spiro atoms. The van der Waals surface area contributed by atoms with E-state index in [1.54, 1.807) is 16.2 Å². The fraction of sp³-hybridized carbons (Fsp3) is 0.333. The van der Waals surface area contributed by atoms with E-state index in [0.717, 1.165) is 18.5 Å². The number of nitrogens with one attached hydrogen (secondary N) is 1. The van der Waals surface area contributed by atoms with Crippen LogP contribution < -0.4 is 10.2 Å². The summed E-state index contributed by atoms with van der Waals surface area (Å²) in [6, 6.07) is 11.7. The van der Waals surface area contributed by atoms with E-state index in [-0.39, 0.29) is 11.9 Å². The first-order chi connectivity index (χ1) is 11.7. The van der Waals surface area contributed by atoms with Crippen LogP contribution >= 0.6 is 11.3 Å². The number of amides is 3. The monoisotopic (exact) mass is 341 g/mol. The molecule has 5 nitrogen and oxygen atoms in total. The van der Waals surface area contributed by atoms with Crippen molar-refractivity contribution in [1.29, 1.82) is 0 Å². The summed E-state index contributed by atoms with van der Waals surface area (Å²) in [7, 11) is 0. The molecule has 1 saturated heterocycles. The third kappa shape index (κ3) is 3.01. The minimum atomic E-state index is -0.0774. The highest BCUT2D eigenvalue weighted by Crippen LogP contribution is 2.31. The van der Waals surface area contributed by atoms with Gasteiger partial charge in [-0.1, -0.05) is 6.07 Å². The lowest BCUT2D eigenvalue weighted by Gasteiger charge is -2.22. The Hall–Kier alpha value is -2.34. The van der Waals surface area contributed by atoms with Crippen LogP contribution in [0.4, 0.5) is 10.5 Å². The van der Waals surface area contributed by atoms with E-state index in [1.165, 1.54) is 4.88 Å². The highest BCUT2D eigenvalue weighted by Gasteiger charge is 2.33. The molecule has 1 aromatic carbocycles. The maximum Gasteiger partial charge on any atom is 0.321 e. The maximum absolute atomic E-state index is 12.9. The molecule has 6 heteroatoms. The number of nitrogens with zero attached hydrogens (tertiary/aromatic N) is 2. The lowest BCUT2D eigenvalue weighted by molar-refractivity contribution is 0.0731. The molecule has 2 fully saturated rings. The zero-order valence-corrected chi connectivity index (χ0v) is 14.1. The molecule has 1 N–H and O–H groups in total. The molecular formula is C18H19N3O2S. The molecule has 1 aromatic heterocycles. The Morgan fingerprint density at radius 1 is 1.25 bits per heavy atom. The number of hydrogen-bond donors (Lipinski definition) is 1. The van der Waals surface area contributed by atoms with Gasteiger partial charge in [0.1, 0.15) is 0 Å². The van der Waals surface area contributed by atoms with Crippen molar-refractivity contribution in [3.63, 3.8) is 0 Å². The van der Waals surface area contributed by atoms with Crippen LogP contribution in [0, 0.1) is 0 Å². The predicted molar refractivity (Wildman–Crippen MR) is 94.4 cm³/mol. The van der Waals surface area contributed by atoms with Crippen LogP contribution in [-0.2, 0) is 6.54 Å². The third-order valence-electron chi connectivity index (χ3n) is 4.44. The lowest BCUT2D eigenvalue weighted by Crippen LogP contribution is -2.32. The summed E-state index contributed by atoms with van der Waals surface area (Å²) in [5.41, 5.74) is 1.51. The number of carbonyl (C=O) groups excluding carboxylic acids is 2. The zero-order valence-electron chi connectivity index (χ0n) is 13.3. The highest BCUT2D eigenvalue weighted by atomic mass is 32.1. The molecule has 0 bridgehead atoms. The smallest absolute Gasteiger partial charge is 0.321 e. The first kappa shape index (κ1) is 15.2. The van der Waals surface area contributed by atoms with Crippen molar-refractivity contribution >= 4 is 29.0 Å². The Labute approximate surface area is 144 Å². The van der Waals surface area contributed by atoms with Gasteiger partial charge in [0.2, 0.25) is 0 Å². The summed E-state index contributed by atoms with van der Waals surface area (Å²) < 4.78 is 0. The molecule has 0 atom stereocenters. The maximum atomic E-state index is 12.9. The number of benzene rings is 1. The van der Waals surface area contributed by atoms with Crippen LogP contribution in [0.2, 0.25) is 0 Å².